The topological polar surface area (TPSA) is 28.2 Å². The van der Waals surface area contributed by atoms with Gasteiger partial charge in [-0.3, -0.25) is 4.98 Å². The fourth-order valence-corrected chi connectivity index (χ4v) is 1.97. The Morgan fingerprint density at radius 1 is 1.38 bits per heavy atom. The molecule has 0 radical (unpaired) electrons. The Balaban J connectivity index is 2.23. The highest BCUT2D eigenvalue weighted by atomic mass is 79.9. The second-order valence-electron chi connectivity index (χ2n) is 3.66. The van der Waals surface area contributed by atoms with E-state index in [0.717, 1.165) is 42.8 Å². The third-order valence-corrected chi connectivity index (χ3v) is 3.27. The smallest absolute Gasteiger partial charge is 0.0590 e. The Labute approximate surface area is 106 Å². The highest BCUT2D eigenvalue weighted by molar-refractivity contribution is 9.10. The summed E-state index contributed by atoms with van der Waals surface area (Å²) in [4.78, 5) is 6.47. The quantitative estimate of drug-likeness (QED) is 0.781. The SMILES string of the molecule is CCN(CC)CCCNc1ccncc1Br. The average Bonchev–Trinajstić information content (AvgIpc) is 2.31. The summed E-state index contributed by atoms with van der Waals surface area (Å²) < 4.78 is 1.03. The summed E-state index contributed by atoms with van der Waals surface area (Å²) in [7, 11) is 0. The Bertz CT molecular complexity index is 300. The first-order valence-electron chi connectivity index (χ1n) is 5.83. The number of aromatic nitrogens is 1. The molecule has 4 heteroatoms. The maximum Gasteiger partial charge on any atom is 0.0590 e. The van der Waals surface area contributed by atoms with Gasteiger partial charge in [-0.15, -0.1) is 0 Å². The lowest BCUT2D eigenvalue weighted by Gasteiger charge is -2.18. The highest BCUT2D eigenvalue weighted by Crippen LogP contribution is 2.19. The van der Waals surface area contributed by atoms with Gasteiger partial charge in [-0.1, -0.05) is 13.8 Å². The zero-order valence-corrected chi connectivity index (χ0v) is 11.6. The van der Waals surface area contributed by atoms with Gasteiger partial charge in [0.05, 0.1) is 10.2 Å². The van der Waals surface area contributed by atoms with E-state index in [4.69, 9.17) is 0 Å². The third-order valence-electron chi connectivity index (χ3n) is 2.63. The Kier molecular flexibility index (Phi) is 6.42. The maximum atomic E-state index is 4.03. The van der Waals surface area contributed by atoms with Crippen LogP contribution in [0.25, 0.3) is 0 Å². The minimum absolute atomic E-state index is 0.999. The van der Waals surface area contributed by atoms with Gasteiger partial charge in [0.25, 0.3) is 0 Å². The standard InChI is InChI=1S/C12H20BrN3/c1-3-16(4-2)9-5-7-15-12-6-8-14-10-11(12)13/h6,8,10H,3-5,7,9H2,1-2H3,(H,14,15). The molecule has 0 bridgehead atoms. The molecule has 0 saturated carbocycles. The van der Waals surface area contributed by atoms with E-state index in [1.165, 1.54) is 0 Å². The van der Waals surface area contributed by atoms with Crippen LogP contribution in [0.2, 0.25) is 0 Å². The van der Waals surface area contributed by atoms with Crippen LogP contribution in [0.1, 0.15) is 20.3 Å². The van der Waals surface area contributed by atoms with Crippen LogP contribution in [0.15, 0.2) is 22.9 Å². The van der Waals surface area contributed by atoms with Crippen molar-refractivity contribution in [2.24, 2.45) is 0 Å². The fraction of sp³-hybridized carbons (Fsp3) is 0.583. The van der Waals surface area contributed by atoms with E-state index in [2.05, 4.69) is 45.0 Å². The van der Waals surface area contributed by atoms with Crippen molar-refractivity contribution in [3.05, 3.63) is 22.9 Å². The van der Waals surface area contributed by atoms with Crippen molar-refractivity contribution >= 4 is 21.6 Å². The number of hydrogen-bond donors (Lipinski definition) is 1. The van der Waals surface area contributed by atoms with Gasteiger partial charge in [0.2, 0.25) is 0 Å². The number of nitrogens with one attached hydrogen (secondary N) is 1. The summed E-state index contributed by atoms with van der Waals surface area (Å²) in [6.07, 6.45) is 4.78. The number of halogens is 1. The minimum atomic E-state index is 0.999. The molecule has 1 aromatic rings. The summed E-state index contributed by atoms with van der Waals surface area (Å²) >= 11 is 3.47. The molecule has 90 valence electrons. The van der Waals surface area contributed by atoms with Crippen molar-refractivity contribution in [3.8, 4) is 0 Å². The largest absolute Gasteiger partial charge is 0.384 e. The molecule has 16 heavy (non-hydrogen) atoms. The van der Waals surface area contributed by atoms with Gasteiger partial charge in [0.1, 0.15) is 0 Å². The van der Waals surface area contributed by atoms with Crippen LogP contribution >= 0.6 is 15.9 Å². The van der Waals surface area contributed by atoms with Crippen LogP contribution in [0.5, 0.6) is 0 Å². The van der Waals surface area contributed by atoms with Crippen LogP contribution in [0.4, 0.5) is 5.69 Å². The predicted octanol–water partition coefficient (Wildman–Crippen LogP) is 2.99. The van der Waals surface area contributed by atoms with Crippen molar-refractivity contribution in [2.45, 2.75) is 20.3 Å². The second kappa shape index (κ2) is 7.63. The summed E-state index contributed by atoms with van der Waals surface area (Å²) in [5.74, 6) is 0. The Morgan fingerprint density at radius 3 is 2.75 bits per heavy atom. The number of pyridine rings is 1. The van der Waals surface area contributed by atoms with E-state index in [0.29, 0.717) is 0 Å². The molecule has 3 nitrogen and oxygen atoms in total. The zero-order valence-electron chi connectivity index (χ0n) is 10.0. The summed E-state index contributed by atoms with van der Waals surface area (Å²) in [6.45, 7) is 8.83. The lowest BCUT2D eigenvalue weighted by atomic mass is 10.3. The molecule has 0 fully saturated rings. The van der Waals surface area contributed by atoms with Gasteiger partial charge in [-0.2, -0.15) is 0 Å². The van der Waals surface area contributed by atoms with Gasteiger partial charge in [-0.25, -0.2) is 0 Å². The van der Waals surface area contributed by atoms with Crippen molar-refractivity contribution in [2.75, 3.05) is 31.5 Å². The number of anilines is 1. The van der Waals surface area contributed by atoms with E-state index in [-0.39, 0.29) is 0 Å². The normalized spacial score (nSPS) is 10.8. The monoisotopic (exact) mass is 285 g/mol. The van der Waals surface area contributed by atoms with E-state index in [9.17, 15) is 0 Å². The van der Waals surface area contributed by atoms with E-state index < -0.39 is 0 Å². The van der Waals surface area contributed by atoms with Crippen LogP contribution in [0, 0.1) is 0 Å². The van der Waals surface area contributed by atoms with Gasteiger partial charge in [0.15, 0.2) is 0 Å². The first-order valence-corrected chi connectivity index (χ1v) is 6.63. The van der Waals surface area contributed by atoms with Crippen molar-refractivity contribution < 1.29 is 0 Å². The molecule has 0 aromatic carbocycles. The molecule has 1 rings (SSSR count). The second-order valence-corrected chi connectivity index (χ2v) is 4.52. The molecule has 0 aliphatic carbocycles. The number of hydrogen-bond acceptors (Lipinski definition) is 3. The summed E-state index contributed by atoms with van der Waals surface area (Å²) in [6, 6.07) is 1.99. The Morgan fingerprint density at radius 2 is 2.12 bits per heavy atom. The molecule has 0 spiro atoms. The molecule has 0 unspecified atom stereocenters. The molecule has 1 N–H and O–H groups in total. The number of nitrogens with zero attached hydrogens (tertiary/aromatic N) is 2. The molecular weight excluding hydrogens is 266 g/mol. The summed E-state index contributed by atoms with van der Waals surface area (Å²) in [5, 5.41) is 3.40. The lowest BCUT2D eigenvalue weighted by Crippen LogP contribution is -2.25. The Hall–Kier alpha value is -0.610. The van der Waals surface area contributed by atoms with E-state index >= 15 is 0 Å². The van der Waals surface area contributed by atoms with E-state index in [1.54, 1.807) is 6.20 Å². The maximum absolute atomic E-state index is 4.03. The highest BCUT2D eigenvalue weighted by Gasteiger charge is 2.00. The molecule has 0 aliphatic heterocycles. The number of rotatable bonds is 7. The molecule has 1 aromatic heterocycles. The summed E-state index contributed by atoms with van der Waals surface area (Å²) in [5.41, 5.74) is 1.12. The van der Waals surface area contributed by atoms with Gasteiger partial charge in [0, 0.05) is 18.9 Å². The van der Waals surface area contributed by atoms with E-state index in [1.807, 2.05) is 12.3 Å². The molecule has 1 heterocycles. The average molecular weight is 286 g/mol. The third kappa shape index (κ3) is 4.49. The van der Waals surface area contributed by atoms with Crippen molar-refractivity contribution in [1.82, 2.24) is 9.88 Å². The molecule has 0 saturated heterocycles. The molecule has 0 aliphatic rings. The van der Waals surface area contributed by atoms with Crippen LogP contribution in [-0.4, -0.2) is 36.1 Å². The van der Waals surface area contributed by atoms with Gasteiger partial charge >= 0.3 is 0 Å². The van der Waals surface area contributed by atoms with Gasteiger partial charge < -0.3 is 10.2 Å². The minimum Gasteiger partial charge on any atom is -0.384 e. The lowest BCUT2D eigenvalue weighted by molar-refractivity contribution is 0.303. The molecular formula is C12H20BrN3. The first-order chi connectivity index (χ1) is 7.77. The zero-order chi connectivity index (χ0) is 11.8. The molecule has 0 amide bonds. The van der Waals surface area contributed by atoms with Crippen LogP contribution < -0.4 is 5.32 Å². The van der Waals surface area contributed by atoms with Crippen LogP contribution in [0.3, 0.4) is 0 Å². The first kappa shape index (κ1) is 13.5. The molecule has 0 atom stereocenters. The fourth-order valence-electron chi connectivity index (χ4n) is 1.58. The predicted molar refractivity (Wildman–Crippen MR) is 72.8 cm³/mol. The van der Waals surface area contributed by atoms with Crippen molar-refractivity contribution in [3.63, 3.8) is 0 Å². The van der Waals surface area contributed by atoms with Crippen LogP contribution in [-0.2, 0) is 0 Å². The van der Waals surface area contributed by atoms with Crippen molar-refractivity contribution in [1.29, 1.82) is 0 Å². The van der Waals surface area contributed by atoms with Gasteiger partial charge in [-0.05, 0) is 48.1 Å².